The van der Waals surface area contributed by atoms with Crippen LogP contribution in [0.2, 0.25) is 0 Å². The van der Waals surface area contributed by atoms with Gasteiger partial charge in [0, 0.05) is 28.4 Å². The van der Waals surface area contributed by atoms with Crippen molar-refractivity contribution < 1.29 is 17.9 Å². The third-order valence-corrected chi connectivity index (χ3v) is 5.38. The molecule has 1 rings (SSSR count). The van der Waals surface area contributed by atoms with E-state index < -0.39 is 10.0 Å². The molecule has 8 nitrogen and oxygen atoms in total. The maximum Gasteiger partial charge on any atom is 0.305 e. The second kappa shape index (κ2) is 8.47. The van der Waals surface area contributed by atoms with Gasteiger partial charge in [-0.05, 0) is 18.4 Å². The van der Waals surface area contributed by atoms with Crippen LogP contribution in [0.4, 0.5) is 0 Å². The largest absolute Gasteiger partial charge is 0.469 e. The van der Waals surface area contributed by atoms with Crippen LogP contribution in [-0.4, -0.2) is 50.8 Å². The van der Waals surface area contributed by atoms with Gasteiger partial charge in [-0.3, -0.25) is 4.79 Å². The molecule has 0 aromatic heterocycles. The summed E-state index contributed by atoms with van der Waals surface area (Å²) in [5, 5.41) is 3.72. The number of esters is 1. The minimum atomic E-state index is -3.36. The molecule has 1 heterocycles. The first-order valence-electron chi connectivity index (χ1n) is 6.57. The monoisotopic (exact) mass is 336 g/mol. The number of rotatable bonds is 8. The molecule has 0 aliphatic carbocycles. The van der Waals surface area contributed by atoms with Gasteiger partial charge < -0.3 is 4.74 Å². The Morgan fingerprint density at radius 1 is 1.52 bits per heavy atom. The molecule has 0 unspecified atom stereocenters. The predicted molar refractivity (Wildman–Crippen MR) is 81.4 cm³/mol. The van der Waals surface area contributed by atoms with Gasteiger partial charge in [-0.1, -0.05) is 11.5 Å². The highest BCUT2D eigenvalue weighted by molar-refractivity contribution is 8.00. The smallest absolute Gasteiger partial charge is 0.305 e. The fourth-order valence-corrected chi connectivity index (χ4v) is 4.64. The lowest BCUT2D eigenvalue weighted by atomic mass is 10.0. The highest BCUT2D eigenvalue weighted by Gasteiger charge is 2.37. The van der Waals surface area contributed by atoms with E-state index in [1.807, 2.05) is 0 Å². The van der Waals surface area contributed by atoms with E-state index in [-0.39, 0.29) is 23.3 Å². The Bertz CT molecular complexity index is 504. The Morgan fingerprint density at radius 2 is 2.24 bits per heavy atom. The Kier molecular flexibility index (Phi) is 7.30. The molecule has 1 N–H and O–H groups in total. The van der Waals surface area contributed by atoms with Crippen molar-refractivity contribution in [2.45, 2.75) is 43.0 Å². The first-order chi connectivity index (χ1) is 9.87. The predicted octanol–water partition coefficient (Wildman–Crippen LogP) is 1.43. The molecule has 1 aliphatic heterocycles. The van der Waals surface area contributed by atoms with Crippen molar-refractivity contribution in [2.24, 2.45) is 5.11 Å². The Labute approximate surface area is 128 Å². The van der Waals surface area contributed by atoms with Gasteiger partial charge in [0.1, 0.15) is 0 Å². The molecular formula is C11H20N4O4S2. The van der Waals surface area contributed by atoms with Crippen molar-refractivity contribution in [1.29, 1.82) is 0 Å². The van der Waals surface area contributed by atoms with Gasteiger partial charge in [-0.15, -0.1) is 0 Å². The Balaban J connectivity index is 2.54. The lowest BCUT2D eigenvalue weighted by Gasteiger charge is -2.21. The lowest BCUT2D eigenvalue weighted by molar-refractivity contribution is -0.140. The number of methoxy groups -OCH3 is 1. The van der Waals surface area contributed by atoms with Crippen LogP contribution < -0.4 is 4.72 Å². The van der Waals surface area contributed by atoms with Gasteiger partial charge in [0.05, 0.1) is 19.4 Å². The second-order valence-corrected chi connectivity index (χ2v) is 7.93. The summed E-state index contributed by atoms with van der Waals surface area (Å²) in [6.07, 6.45) is 3.70. The van der Waals surface area contributed by atoms with Crippen molar-refractivity contribution in [3.8, 4) is 0 Å². The van der Waals surface area contributed by atoms with Gasteiger partial charge in [0.2, 0.25) is 10.0 Å². The number of hydrogen-bond acceptors (Lipinski definition) is 6. The summed E-state index contributed by atoms with van der Waals surface area (Å²) in [7, 11) is -2.01. The maximum atomic E-state index is 11.4. The minimum Gasteiger partial charge on any atom is -0.469 e. The molecule has 0 radical (unpaired) electrons. The van der Waals surface area contributed by atoms with Crippen LogP contribution >= 0.6 is 11.8 Å². The average molecular weight is 336 g/mol. The van der Waals surface area contributed by atoms with Crippen molar-refractivity contribution >= 4 is 27.8 Å². The van der Waals surface area contributed by atoms with Crippen molar-refractivity contribution in [2.75, 3.05) is 19.1 Å². The van der Waals surface area contributed by atoms with E-state index in [4.69, 9.17) is 5.53 Å². The van der Waals surface area contributed by atoms with Gasteiger partial charge >= 0.3 is 5.97 Å². The standard InChI is InChI=1S/C11H20N4O4S2/c1-19-10(16)6-4-3-5-9-11(14-21(2,17)18)8(7-20-9)13-15-12/h8-9,11,14H,3-7H2,1-2H3/t8-,9-,11+/m0/s1. The third-order valence-electron chi connectivity index (χ3n) is 3.19. The first kappa shape index (κ1) is 18.1. The van der Waals surface area contributed by atoms with E-state index >= 15 is 0 Å². The van der Waals surface area contributed by atoms with Crippen LogP contribution in [0.1, 0.15) is 25.7 Å². The minimum absolute atomic E-state index is 0.0490. The highest BCUT2D eigenvalue weighted by atomic mass is 32.2. The van der Waals surface area contributed by atoms with E-state index in [1.165, 1.54) is 7.11 Å². The van der Waals surface area contributed by atoms with E-state index in [0.29, 0.717) is 18.6 Å². The molecule has 0 saturated carbocycles. The van der Waals surface area contributed by atoms with E-state index in [9.17, 15) is 13.2 Å². The van der Waals surface area contributed by atoms with Crippen LogP contribution in [0, 0.1) is 0 Å². The zero-order valence-electron chi connectivity index (χ0n) is 12.1. The number of carbonyl (C=O) groups is 1. The Hall–Kier alpha value is -0.960. The molecule has 0 aromatic carbocycles. The molecule has 0 bridgehead atoms. The molecule has 0 amide bonds. The molecule has 1 fully saturated rings. The summed E-state index contributed by atoms with van der Waals surface area (Å²) < 4.78 is 30.0. The highest BCUT2D eigenvalue weighted by Crippen LogP contribution is 2.33. The van der Waals surface area contributed by atoms with E-state index in [1.54, 1.807) is 11.8 Å². The topological polar surface area (TPSA) is 121 Å². The summed E-state index contributed by atoms with van der Waals surface area (Å²) in [5.41, 5.74) is 8.55. The van der Waals surface area contributed by atoms with Gasteiger partial charge in [0.15, 0.2) is 0 Å². The molecule has 1 aliphatic rings. The number of nitrogens with one attached hydrogen (secondary N) is 1. The number of azide groups is 1. The number of nitrogens with zero attached hydrogens (tertiary/aromatic N) is 3. The molecule has 0 aromatic rings. The van der Waals surface area contributed by atoms with Crippen LogP contribution in [-0.2, 0) is 19.6 Å². The number of unbranched alkanes of at least 4 members (excludes halogenated alkanes) is 1. The zero-order valence-corrected chi connectivity index (χ0v) is 13.7. The molecule has 1 saturated heterocycles. The van der Waals surface area contributed by atoms with Gasteiger partial charge in [-0.2, -0.15) is 11.8 Å². The van der Waals surface area contributed by atoms with Gasteiger partial charge in [-0.25, -0.2) is 13.1 Å². The summed E-state index contributed by atoms with van der Waals surface area (Å²) in [5.74, 6) is 0.352. The maximum absolute atomic E-state index is 11.4. The van der Waals surface area contributed by atoms with Crippen LogP contribution in [0.15, 0.2) is 5.11 Å². The fraction of sp³-hybridized carbons (Fsp3) is 0.909. The summed E-state index contributed by atoms with van der Waals surface area (Å²) in [6.45, 7) is 0. The zero-order chi connectivity index (χ0) is 15.9. The van der Waals surface area contributed by atoms with E-state index in [2.05, 4.69) is 19.5 Å². The Morgan fingerprint density at radius 3 is 2.81 bits per heavy atom. The number of sulfonamides is 1. The van der Waals surface area contributed by atoms with E-state index in [0.717, 1.165) is 19.1 Å². The third kappa shape index (κ3) is 6.56. The van der Waals surface area contributed by atoms with Crippen LogP contribution in [0.25, 0.3) is 10.4 Å². The molecule has 0 spiro atoms. The quantitative estimate of drug-likeness (QED) is 0.236. The normalized spacial score (nSPS) is 25.3. The number of ether oxygens (including phenoxy) is 1. The summed E-state index contributed by atoms with van der Waals surface area (Å²) >= 11 is 1.60. The van der Waals surface area contributed by atoms with Crippen molar-refractivity contribution in [3.05, 3.63) is 10.4 Å². The molecule has 120 valence electrons. The SMILES string of the molecule is COC(=O)CCCC[C@@H]1SC[C@H](N=[N+]=[N-])[C@H]1NS(C)(=O)=O. The van der Waals surface area contributed by atoms with Crippen molar-refractivity contribution in [1.82, 2.24) is 4.72 Å². The number of thioether (sulfide) groups is 1. The lowest BCUT2D eigenvalue weighted by Crippen LogP contribution is -2.45. The van der Waals surface area contributed by atoms with Crippen LogP contribution in [0.5, 0.6) is 0 Å². The fourth-order valence-electron chi connectivity index (χ4n) is 2.23. The molecule has 3 atom stereocenters. The van der Waals surface area contributed by atoms with Crippen molar-refractivity contribution in [3.63, 3.8) is 0 Å². The average Bonchev–Trinajstić information content (AvgIpc) is 2.76. The molecular weight excluding hydrogens is 316 g/mol. The summed E-state index contributed by atoms with van der Waals surface area (Å²) in [6, 6.07) is -0.764. The summed E-state index contributed by atoms with van der Waals surface area (Å²) in [4.78, 5) is 13.8. The molecule has 21 heavy (non-hydrogen) atoms. The first-order valence-corrected chi connectivity index (χ1v) is 9.51. The van der Waals surface area contributed by atoms with Gasteiger partial charge in [0.25, 0.3) is 0 Å². The molecule has 10 heteroatoms. The second-order valence-electron chi connectivity index (χ2n) is 4.88. The number of carbonyl (C=O) groups excluding carboxylic acids is 1. The van der Waals surface area contributed by atoms with Crippen LogP contribution in [0.3, 0.4) is 0 Å². The number of hydrogen-bond donors (Lipinski definition) is 1.